The molecular formula is C5H9BrO2. The summed E-state index contributed by atoms with van der Waals surface area (Å²) in [7, 11) is 0. The van der Waals surface area contributed by atoms with Crippen molar-refractivity contribution in [3.05, 3.63) is 0 Å². The molecule has 3 atom stereocenters. The van der Waals surface area contributed by atoms with Crippen LogP contribution in [0.15, 0.2) is 0 Å². The van der Waals surface area contributed by atoms with Gasteiger partial charge in [-0.3, -0.25) is 0 Å². The molecule has 1 saturated carbocycles. The van der Waals surface area contributed by atoms with Crippen LogP contribution in [0.3, 0.4) is 0 Å². The molecule has 1 rings (SSSR count). The average molecular weight is 181 g/mol. The third-order valence-electron chi connectivity index (χ3n) is 1.49. The Hall–Kier alpha value is 0.400. The van der Waals surface area contributed by atoms with Crippen LogP contribution in [0.2, 0.25) is 0 Å². The van der Waals surface area contributed by atoms with E-state index in [-0.39, 0.29) is 17.0 Å². The van der Waals surface area contributed by atoms with E-state index < -0.39 is 0 Å². The molecule has 1 aliphatic carbocycles. The fourth-order valence-electron chi connectivity index (χ4n) is 0.916. The Morgan fingerprint density at radius 2 is 1.50 bits per heavy atom. The normalized spacial score (nSPS) is 47.6. The fourth-order valence-corrected chi connectivity index (χ4v) is 1.45. The molecule has 1 fully saturated rings. The summed E-state index contributed by atoms with van der Waals surface area (Å²) in [6.07, 6.45) is 0.753. The Labute approximate surface area is 56.6 Å². The monoisotopic (exact) mass is 180 g/mol. The highest BCUT2D eigenvalue weighted by molar-refractivity contribution is 9.09. The number of aliphatic hydroxyl groups excluding tert-OH is 2. The predicted molar refractivity (Wildman–Crippen MR) is 34.0 cm³/mol. The Kier molecular flexibility index (Phi) is 1.90. The summed E-state index contributed by atoms with van der Waals surface area (Å²) in [5, 5.41) is 17.9. The first-order chi connectivity index (χ1) is 3.72. The number of aliphatic hydroxyl groups is 2. The third kappa shape index (κ3) is 1.04. The molecule has 2 nitrogen and oxygen atoms in total. The van der Waals surface area contributed by atoms with Gasteiger partial charge in [0.15, 0.2) is 0 Å². The van der Waals surface area contributed by atoms with E-state index in [4.69, 9.17) is 10.2 Å². The van der Waals surface area contributed by atoms with Crippen LogP contribution in [-0.2, 0) is 0 Å². The maximum absolute atomic E-state index is 8.96. The van der Waals surface area contributed by atoms with E-state index in [0.29, 0.717) is 0 Å². The number of alkyl halides is 1. The van der Waals surface area contributed by atoms with E-state index in [1.165, 1.54) is 0 Å². The first kappa shape index (κ1) is 6.52. The lowest BCUT2D eigenvalue weighted by Gasteiger charge is -2.07. The van der Waals surface area contributed by atoms with E-state index in [0.717, 1.165) is 12.8 Å². The molecule has 2 N–H and O–H groups in total. The van der Waals surface area contributed by atoms with Gasteiger partial charge in [0.05, 0.1) is 17.0 Å². The molecule has 0 amide bonds. The molecule has 0 aromatic heterocycles. The van der Waals surface area contributed by atoms with Gasteiger partial charge in [-0.05, 0) is 12.8 Å². The first-order valence-corrected chi connectivity index (χ1v) is 3.63. The van der Waals surface area contributed by atoms with Crippen LogP contribution in [-0.4, -0.2) is 27.2 Å². The van der Waals surface area contributed by atoms with Gasteiger partial charge in [-0.15, -0.1) is 0 Å². The van der Waals surface area contributed by atoms with Gasteiger partial charge < -0.3 is 10.2 Å². The standard InChI is InChI=1S/C5H9BrO2/c6-5-3(7)1-2-4(5)8/h3-5,7-8H,1-2H2/t3-,4+,5?. The molecule has 0 bridgehead atoms. The number of hydrogen-bond donors (Lipinski definition) is 2. The van der Waals surface area contributed by atoms with Gasteiger partial charge in [0.2, 0.25) is 0 Å². The Morgan fingerprint density at radius 3 is 1.62 bits per heavy atom. The quantitative estimate of drug-likeness (QED) is 0.526. The van der Waals surface area contributed by atoms with Crippen molar-refractivity contribution >= 4 is 15.9 Å². The summed E-state index contributed by atoms with van der Waals surface area (Å²) in [6, 6.07) is 0. The van der Waals surface area contributed by atoms with E-state index in [9.17, 15) is 0 Å². The van der Waals surface area contributed by atoms with Crippen molar-refractivity contribution in [1.29, 1.82) is 0 Å². The molecule has 0 radical (unpaired) electrons. The van der Waals surface area contributed by atoms with Crippen LogP contribution in [0.25, 0.3) is 0 Å². The highest BCUT2D eigenvalue weighted by atomic mass is 79.9. The molecule has 3 heteroatoms. The highest BCUT2D eigenvalue weighted by Crippen LogP contribution is 2.25. The summed E-state index contributed by atoms with van der Waals surface area (Å²) >= 11 is 3.17. The number of hydrogen-bond acceptors (Lipinski definition) is 2. The zero-order valence-electron chi connectivity index (χ0n) is 4.42. The summed E-state index contributed by atoms with van der Waals surface area (Å²) < 4.78 is 0. The molecule has 0 aromatic carbocycles. The second kappa shape index (κ2) is 2.33. The maximum Gasteiger partial charge on any atom is 0.0691 e. The van der Waals surface area contributed by atoms with E-state index in [1.807, 2.05) is 0 Å². The van der Waals surface area contributed by atoms with E-state index >= 15 is 0 Å². The molecule has 1 aliphatic rings. The van der Waals surface area contributed by atoms with Crippen LogP contribution >= 0.6 is 15.9 Å². The van der Waals surface area contributed by atoms with Gasteiger partial charge in [-0.2, -0.15) is 0 Å². The number of halogens is 1. The Bertz CT molecular complexity index is 76.5. The van der Waals surface area contributed by atoms with Gasteiger partial charge in [0.1, 0.15) is 0 Å². The lowest BCUT2D eigenvalue weighted by Crippen LogP contribution is -2.21. The van der Waals surface area contributed by atoms with Crippen molar-refractivity contribution in [3.8, 4) is 0 Å². The Balaban J connectivity index is 2.44. The largest absolute Gasteiger partial charge is 0.392 e. The van der Waals surface area contributed by atoms with Crippen molar-refractivity contribution in [3.63, 3.8) is 0 Å². The van der Waals surface area contributed by atoms with E-state index in [2.05, 4.69) is 15.9 Å². The molecule has 8 heavy (non-hydrogen) atoms. The molecule has 0 aromatic rings. The molecular weight excluding hydrogens is 172 g/mol. The summed E-state index contributed by atoms with van der Waals surface area (Å²) in [4.78, 5) is -0.0949. The molecule has 0 spiro atoms. The number of rotatable bonds is 0. The molecule has 0 aliphatic heterocycles. The van der Waals surface area contributed by atoms with Gasteiger partial charge >= 0.3 is 0 Å². The molecule has 1 unspecified atom stereocenters. The van der Waals surface area contributed by atoms with Crippen molar-refractivity contribution < 1.29 is 10.2 Å². The minimum atomic E-state index is -0.343. The van der Waals surface area contributed by atoms with Gasteiger partial charge in [0, 0.05) is 0 Å². The topological polar surface area (TPSA) is 40.5 Å². The van der Waals surface area contributed by atoms with Gasteiger partial charge in [-0.25, -0.2) is 0 Å². The van der Waals surface area contributed by atoms with Crippen molar-refractivity contribution in [2.24, 2.45) is 0 Å². The van der Waals surface area contributed by atoms with Gasteiger partial charge in [0.25, 0.3) is 0 Å². The summed E-state index contributed by atoms with van der Waals surface area (Å²) in [5.74, 6) is 0. The second-order valence-corrected chi connectivity index (χ2v) is 3.21. The lowest BCUT2D eigenvalue weighted by molar-refractivity contribution is 0.148. The van der Waals surface area contributed by atoms with Gasteiger partial charge in [-0.1, -0.05) is 15.9 Å². The van der Waals surface area contributed by atoms with Crippen LogP contribution < -0.4 is 0 Å². The molecule has 0 heterocycles. The van der Waals surface area contributed by atoms with Crippen molar-refractivity contribution in [1.82, 2.24) is 0 Å². The first-order valence-electron chi connectivity index (χ1n) is 2.72. The molecule has 48 valence electrons. The minimum Gasteiger partial charge on any atom is -0.392 e. The van der Waals surface area contributed by atoms with Crippen LogP contribution in [0.4, 0.5) is 0 Å². The zero-order chi connectivity index (χ0) is 6.15. The van der Waals surface area contributed by atoms with Crippen LogP contribution in [0.5, 0.6) is 0 Å². The maximum atomic E-state index is 8.96. The average Bonchev–Trinajstić information content (AvgIpc) is 1.98. The Morgan fingerprint density at radius 1 is 1.12 bits per heavy atom. The SMILES string of the molecule is O[C@@H]1CC[C@H](O)C1Br. The fraction of sp³-hybridized carbons (Fsp3) is 1.00. The zero-order valence-corrected chi connectivity index (χ0v) is 6.00. The van der Waals surface area contributed by atoms with Crippen LogP contribution in [0, 0.1) is 0 Å². The predicted octanol–water partition coefficient (Wildman–Crippen LogP) is 0.266. The summed E-state index contributed by atoms with van der Waals surface area (Å²) in [5.41, 5.74) is 0. The molecule has 0 saturated heterocycles. The second-order valence-electron chi connectivity index (χ2n) is 2.16. The highest BCUT2D eigenvalue weighted by Gasteiger charge is 2.30. The third-order valence-corrected chi connectivity index (χ3v) is 2.71. The van der Waals surface area contributed by atoms with Crippen LogP contribution in [0.1, 0.15) is 12.8 Å². The minimum absolute atomic E-state index is 0.0949. The smallest absolute Gasteiger partial charge is 0.0691 e. The van der Waals surface area contributed by atoms with Crippen molar-refractivity contribution in [2.75, 3.05) is 0 Å². The summed E-state index contributed by atoms with van der Waals surface area (Å²) in [6.45, 7) is 0. The van der Waals surface area contributed by atoms with Crippen molar-refractivity contribution in [2.45, 2.75) is 29.9 Å². The lowest BCUT2D eigenvalue weighted by atomic mass is 10.3. The van der Waals surface area contributed by atoms with E-state index in [1.54, 1.807) is 0 Å².